The van der Waals surface area contributed by atoms with Crippen LogP contribution in [0.3, 0.4) is 0 Å². The predicted molar refractivity (Wildman–Crippen MR) is 112 cm³/mol. The van der Waals surface area contributed by atoms with Crippen LogP contribution < -0.4 is 5.56 Å². The van der Waals surface area contributed by atoms with Crippen molar-refractivity contribution < 1.29 is 10.2 Å². The Morgan fingerprint density at radius 3 is 2.64 bits per heavy atom. The van der Waals surface area contributed by atoms with Gasteiger partial charge in [-0.15, -0.1) is 11.8 Å². The number of fused-ring (bicyclic) bond motifs is 1. The molecule has 1 aliphatic rings. The van der Waals surface area contributed by atoms with E-state index < -0.39 is 5.56 Å². The van der Waals surface area contributed by atoms with Crippen molar-refractivity contribution in [1.29, 1.82) is 0 Å². The number of aliphatic imine (C=N–C) groups is 1. The third-order valence-electron chi connectivity index (χ3n) is 4.62. The maximum atomic E-state index is 12.6. The molecule has 2 heterocycles. The van der Waals surface area contributed by atoms with Crippen molar-refractivity contribution in [3.8, 4) is 11.6 Å². The fraction of sp³-hybridized carbons (Fsp3) is 0.150. The molecule has 0 bridgehead atoms. The largest absolute Gasteiger partial charge is 0.508 e. The summed E-state index contributed by atoms with van der Waals surface area (Å²) >= 11 is 6.71. The Kier molecular flexibility index (Phi) is 4.82. The number of nitrogens with zero attached hydrogens (tertiary/aromatic N) is 2. The van der Waals surface area contributed by atoms with E-state index in [1.54, 1.807) is 30.9 Å². The lowest BCUT2D eigenvalue weighted by atomic mass is 10.0. The summed E-state index contributed by atoms with van der Waals surface area (Å²) in [6.45, 7) is 0. The highest BCUT2D eigenvalue weighted by molar-refractivity contribution is 7.99. The first-order valence-corrected chi connectivity index (χ1v) is 9.87. The van der Waals surface area contributed by atoms with Crippen LogP contribution in [-0.2, 0) is 7.05 Å². The number of phenols is 1. The molecule has 2 aromatic carbocycles. The molecule has 4 rings (SSSR count). The van der Waals surface area contributed by atoms with Gasteiger partial charge in [-0.2, -0.15) is 0 Å². The highest BCUT2D eigenvalue weighted by atomic mass is 32.2. The molecule has 0 aliphatic carbocycles. The third-order valence-corrected chi connectivity index (χ3v) is 6.31. The maximum absolute atomic E-state index is 12.6. The number of H-pyrrole nitrogens is 1. The van der Waals surface area contributed by atoms with Crippen LogP contribution in [0.1, 0.15) is 22.8 Å². The van der Waals surface area contributed by atoms with Gasteiger partial charge in [0.2, 0.25) is 5.88 Å². The van der Waals surface area contributed by atoms with Gasteiger partial charge in [0.1, 0.15) is 11.3 Å². The van der Waals surface area contributed by atoms with Gasteiger partial charge in [0.15, 0.2) is 4.77 Å². The van der Waals surface area contributed by atoms with Crippen molar-refractivity contribution in [3.63, 3.8) is 0 Å². The summed E-state index contributed by atoms with van der Waals surface area (Å²) in [4.78, 5) is 20.9. The zero-order valence-corrected chi connectivity index (χ0v) is 16.5. The molecule has 1 atom stereocenters. The number of benzene rings is 2. The number of phenolic OH excluding ortho intramolecular Hbond substituents is 1. The highest BCUT2D eigenvalue weighted by Gasteiger charge is 2.26. The highest BCUT2D eigenvalue weighted by Crippen LogP contribution is 2.45. The molecule has 0 fully saturated rings. The molecule has 6 nitrogen and oxygen atoms in total. The van der Waals surface area contributed by atoms with Crippen molar-refractivity contribution in [2.24, 2.45) is 12.0 Å². The average molecular weight is 412 g/mol. The van der Waals surface area contributed by atoms with Gasteiger partial charge in [-0.3, -0.25) is 19.3 Å². The fourth-order valence-electron chi connectivity index (χ4n) is 3.11. The minimum atomic E-state index is -0.465. The lowest BCUT2D eigenvalue weighted by molar-refractivity contribution is 0.419. The number of hydrogen-bond donors (Lipinski definition) is 3. The molecule has 0 saturated carbocycles. The molecule has 142 valence electrons. The van der Waals surface area contributed by atoms with E-state index in [0.717, 1.165) is 16.1 Å². The summed E-state index contributed by atoms with van der Waals surface area (Å²) in [5, 5.41) is 20.2. The zero-order chi connectivity index (χ0) is 19.8. The lowest BCUT2D eigenvalue weighted by Crippen LogP contribution is -2.23. The summed E-state index contributed by atoms with van der Waals surface area (Å²) in [7, 11) is 1.59. The Hall–Kier alpha value is -2.84. The van der Waals surface area contributed by atoms with Gasteiger partial charge >= 0.3 is 0 Å². The zero-order valence-electron chi connectivity index (χ0n) is 14.9. The summed E-state index contributed by atoms with van der Waals surface area (Å²) in [6.07, 6.45) is 0.428. The molecule has 0 unspecified atom stereocenters. The van der Waals surface area contributed by atoms with Gasteiger partial charge in [-0.25, -0.2) is 0 Å². The molecule has 3 aromatic rings. The second-order valence-electron chi connectivity index (χ2n) is 6.45. The third kappa shape index (κ3) is 3.36. The van der Waals surface area contributed by atoms with Gasteiger partial charge in [0.25, 0.3) is 5.56 Å². The lowest BCUT2D eigenvalue weighted by Gasteiger charge is -2.17. The first-order chi connectivity index (χ1) is 13.4. The van der Waals surface area contributed by atoms with Gasteiger partial charge in [-0.1, -0.05) is 24.3 Å². The summed E-state index contributed by atoms with van der Waals surface area (Å²) in [5.74, 6) is -0.0138. The smallest absolute Gasteiger partial charge is 0.264 e. The van der Waals surface area contributed by atoms with Crippen molar-refractivity contribution in [1.82, 2.24) is 9.55 Å². The molecule has 1 aromatic heterocycles. The fourth-order valence-corrected chi connectivity index (χ4v) is 4.52. The molecular formula is C20H17N3O3S2. The molecule has 0 spiro atoms. The molecule has 8 heteroatoms. The van der Waals surface area contributed by atoms with Crippen LogP contribution in [0.2, 0.25) is 0 Å². The van der Waals surface area contributed by atoms with Crippen molar-refractivity contribution in [2.45, 2.75) is 16.6 Å². The SMILES string of the molecule is Cn1c(O)c(C2=Nc3ccccc3S[C@H](c3ccc(O)cc3)C2)c(=O)[nH]c1=S. The van der Waals surface area contributed by atoms with Crippen LogP contribution >= 0.6 is 24.0 Å². The van der Waals surface area contributed by atoms with Gasteiger partial charge in [-0.05, 0) is 42.0 Å². The minimum absolute atomic E-state index is 0.0460. The maximum Gasteiger partial charge on any atom is 0.264 e. The molecule has 28 heavy (non-hydrogen) atoms. The average Bonchev–Trinajstić information content (AvgIpc) is 2.86. The van der Waals surface area contributed by atoms with Crippen molar-refractivity contribution >= 4 is 35.4 Å². The van der Waals surface area contributed by atoms with E-state index in [2.05, 4.69) is 4.98 Å². The molecule has 0 amide bonds. The second-order valence-corrected chi connectivity index (χ2v) is 8.08. The van der Waals surface area contributed by atoms with Crippen LogP contribution in [0.25, 0.3) is 0 Å². The Morgan fingerprint density at radius 2 is 1.89 bits per heavy atom. The van der Waals surface area contributed by atoms with E-state index >= 15 is 0 Å². The Labute approximate surface area is 170 Å². The van der Waals surface area contributed by atoms with Gasteiger partial charge in [0, 0.05) is 23.6 Å². The van der Waals surface area contributed by atoms with Crippen LogP contribution in [0, 0.1) is 4.77 Å². The van der Waals surface area contributed by atoms with Crippen LogP contribution in [0.4, 0.5) is 5.69 Å². The molecule has 3 N–H and O–H groups in total. The van der Waals surface area contributed by atoms with Gasteiger partial charge in [0.05, 0.1) is 11.4 Å². The monoisotopic (exact) mass is 411 g/mol. The topological polar surface area (TPSA) is 90.6 Å². The summed E-state index contributed by atoms with van der Waals surface area (Å²) in [6, 6.07) is 14.7. The van der Waals surface area contributed by atoms with E-state index in [1.807, 2.05) is 36.4 Å². The number of rotatable bonds is 2. The number of nitrogens with one attached hydrogen (secondary N) is 1. The molecule has 0 radical (unpaired) electrons. The summed E-state index contributed by atoms with van der Waals surface area (Å²) in [5.41, 5.74) is 1.88. The number of aromatic amines is 1. The van der Waals surface area contributed by atoms with E-state index in [0.29, 0.717) is 12.1 Å². The second kappa shape index (κ2) is 7.29. The van der Waals surface area contributed by atoms with E-state index in [9.17, 15) is 15.0 Å². The van der Waals surface area contributed by atoms with Crippen molar-refractivity contribution in [3.05, 3.63) is 74.8 Å². The van der Waals surface area contributed by atoms with Crippen molar-refractivity contribution in [2.75, 3.05) is 0 Å². The van der Waals surface area contributed by atoms with E-state index in [1.165, 1.54) is 4.57 Å². The van der Waals surface area contributed by atoms with Crippen LogP contribution in [0.15, 0.2) is 63.2 Å². The number of aromatic hydroxyl groups is 2. The summed E-state index contributed by atoms with van der Waals surface area (Å²) < 4.78 is 1.50. The van der Waals surface area contributed by atoms with E-state index in [-0.39, 0.29) is 27.2 Å². The number of hydrogen-bond acceptors (Lipinski definition) is 6. The van der Waals surface area contributed by atoms with Gasteiger partial charge < -0.3 is 10.2 Å². The number of aromatic nitrogens is 2. The number of para-hydroxylation sites is 1. The number of thioether (sulfide) groups is 1. The predicted octanol–water partition coefficient (Wildman–Crippen LogP) is 4.21. The normalized spacial score (nSPS) is 16.2. The van der Waals surface area contributed by atoms with Crippen LogP contribution in [0.5, 0.6) is 11.6 Å². The van der Waals surface area contributed by atoms with Crippen LogP contribution in [-0.4, -0.2) is 25.5 Å². The Morgan fingerprint density at radius 1 is 1.18 bits per heavy atom. The minimum Gasteiger partial charge on any atom is -0.508 e. The Balaban J connectivity index is 1.90. The Bertz CT molecular complexity index is 1200. The molecule has 1 aliphatic heterocycles. The standard InChI is InChI=1S/C20H17N3O3S2/c1-23-19(26)17(18(25)22-20(23)27)14-10-16(11-6-8-12(24)9-7-11)28-15-5-3-2-4-13(15)21-14/h2-9,16,24,26H,10H2,1H3,(H,22,25,27)/t16-/m0/s1. The first-order valence-electron chi connectivity index (χ1n) is 8.59. The quantitative estimate of drug-likeness (QED) is 0.550. The first kappa shape index (κ1) is 18.5. The van der Waals surface area contributed by atoms with E-state index in [4.69, 9.17) is 17.2 Å². The molecular weight excluding hydrogens is 394 g/mol. The molecule has 0 saturated heterocycles.